The van der Waals surface area contributed by atoms with Gasteiger partial charge in [-0.1, -0.05) is 26.0 Å². The number of allylic oxidation sites excluding steroid dienone is 2. The van der Waals surface area contributed by atoms with Gasteiger partial charge in [0.25, 0.3) is 0 Å². The topological polar surface area (TPSA) is 37.3 Å². The summed E-state index contributed by atoms with van der Waals surface area (Å²) in [4.78, 5) is 10.7. The zero-order chi connectivity index (χ0) is 9.35. The molecular formula is C10H14O2. The Morgan fingerprint density at radius 2 is 2.17 bits per heavy atom. The summed E-state index contributed by atoms with van der Waals surface area (Å²) in [6, 6.07) is 0. The summed E-state index contributed by atoms with van der Waals surface area (Å²) in [5, 5.41) is 9.58. The van der Waals surface area contributed by atoms with Crippen molar-refractivity contribution in [1.82, 2.24) is 0 Å². The molecule has 1 rings (SSSR count). The molecule has 0 unspecified atom stereocenters. The Hall–Kier alpha value is -0.890. The van der Waals surface area contributed by atoms with Crippen molar-refractivity contribution in [2.75, 3.05) is 0 Å². The van der Waals surface area contributed by atoms with E-state index >= 15 is 0 Å². The fourth-order valence-electron chi connectivity index (χ4n) is 1.48. The van der Waals surface area contributed by atoms with Crippen molar-refractivity contribution in [2.45, 2.75) is 26.9 Å². The van der Waals surface area contributed by atoms with Crippen LogP contribution in [0.15, 0.2) is 23.3 Å². The molecule has 0 amide bonds. The van der Waals surface area contributed by atoms with Gasteiger partial charge in [-0.25, -0.2) is 0 Å². The smallest absolute Gasteiger partial charge is 0.146 e. The molecule has 0 fully saturated rings. The molecule has 0 heterocycles. The zero-order valence-corrected chi connectivity index (χ0v) is 7.66. The summed E-state index contributed by atoms with van der Waals surface area (Å²) in [5.41, 5.74) is 1.19. The summed E-state index contributed by atoms with van der Waals surface area (Å²) < 4.78 is 0. The molecule has 0 aromatic rings. The standard InChI is InChI=1S/C10H14O2/c1-7-4-5-9(12)10(2,3)8(7)6-11/h4-6,9,12H,1-3H3/t9-/m0/s1. The molecule has 1 N–H and O–H groups in total. The first-order valence-corrected chi connectivity index (χ1v) is 4.03. The Balaban J connectivity index is 3.17. The molecule has 2 nitrogen and oxygen atoms in total. The van der Waals surface area contributed by atoms with Crippen LogP contribution in [-0.2, 0) is 4.79 Å². The van der Waals surface area contributed by atoms with E-state index in [0.717, 1.165) is 11.9 Å². The van der Waals surface area contributed by atoms with Crippen molar-refractivity contribution >= 4 is 6.29 Å². The van der Waals surface area contributed by atoms with Crippen LogP contribution in [0.4, 0.5) is 0 Å². The lowest BCUT2D eigenvalue weighted by atomic mass is 9.74. The van der Waals surface area contributed by atoms with Crippen LogP contribution in [0.2, 0.25) is 0 Å². The van der Waals surface area contributed by atoms with Gasteiger partial charge < -0.3 is 5.11 Å². The summed E-state index contributed by atoms with van der Waals surface area (Å²) in [6.45, 7) is 5.62. The van der Waals surface area contributed by atoms with Crippen LogP contribution in [0, 0.1) is 5.41 Å². The van der Waals surface area contributed by atoms with Gasteiger partial charge in [-0.2, -0.15) is 0 Å². The van der Waals surface area contributed by atoms with Gasteiger partial charge in [-0.3, -0.25) is 4.79 Å². The van der Waals surface area contributed by atoms with E-state index in [9.17, 15) is 9.90 Å². The van der Waals surface area contributed by atoms with E-state index in [1.54, 1.807) is 12.2 Å². The van der Waals surface area contributed by atoms with Gasteiger partial charge in [0.15, 0.2) is 0 Å². The number of rotatable bonds is 1. The van der Waals surface area contributed by atoms with Crippen molar-refractivity contribution in [3.63, 3.8) is 0 Å². The SMILES string of the molecule is CC1=C(C=O)C(C)(C)[C@@H](O)C=C1. The minimum absolute atomic E-state index is 0.444. The number of carbonyl (C=O) groups is 1. The highest BCUT2D eigenvalue weighted by molar-refractivity contribution is 5.78. The van der Waals surface area contributed by atoms with Gasteiger partial charge in [-0.05, 0) is 12.5 Å². The molecular weight excluding hydrogens is 152 g/mol. The lowest BCUT2D eigenvalue weighted by molar-refractivity contribution is -0.106. The van der Waals surface area contributed by atoms with E-state index in [4.69, 9.17) is 0 Å². The summed E-state index contributed by atoms with van der Waals surface area (Å²) >= 11 is 0. The molecule has 0 aromatic carbocycles. The van der Waals surface area contributed by atoms with Gasteiger partial charge in [0.2, 0.25) is 0 Å². The minimum atomic E-state index is -0.554. The molecule has 1 aliphatic rings. The third kappa shape index (κ3) is 1.23. The maximum Gasteiger partial charge on any atom is 0.146 e. The predicted molar refractivity (Wildman–Crippen MR) is 47.7 cm³/mol. The maximum atomic E-state index is 10.7. The van der Waals surface area contributed by atoms with E-state index in [2.05, 4.69) is 0 Å². The highest BCUT2D eigenvalue weighted by Crippen LogP contribution is 2.35. The molecule has 0 aliphatic heterocycles. The number of aliphatic hydroxyl groups is 1. The lowest BCUT2D eigenvalue weighted by Gasteiger charge is -2.32. The molecule has 0 aromatic heterocycles. The first-order chi connectivity index (χ1) is 5.50. The van der Waals surface area contributed by atoms with Crippen molar-refractivity contribution in [3.05, 3.63) is 23.3 Å². The van der Waals surface area contributed by atoms with Gasteiger partial charge in [-0.15, -0.1) is 0 Å². The van der Waals surface area contributed by atoms with Gasteiger partial charge in [0.1, 0.15) is 6.29 Å². The molecule has 0 radical (unpaired) electrons. The Labute approximate surface area is 72.6 Å². The fraction of sp³-hybridized carbons (Fsp3) is 0.500. The lowest BCUT2D eigenvalue weighted by Crippen LogP contribution is -2.33. The number of hydrogen-bond acceptors (Lipinski definition) is 2. The van der Waals surface area contributed by atoms with Crippen LogP contribution >= 0.6 is 0 Å². The predicted octanol–water partition coefficient (Wildman–Crippen LogP) is 1.46. The monoisotopic (exact) mass is 166 g/mol. The molecule has 0 bridgehead atoms. The van der Waals surface area contributed by atoms with Crippen molar-refractivity contribution < 1.29 is 9.90 Å². The number of aldehydes is 1. The Morgan fingerprint density at radius 3 is 2.58 bits per heavy atom. The molecule has 1 atom stereocenters. The highest BCUT2D eigenvalue weighted by Gasteiger charge is 2.33. The Kier molecular flexibility index (Phi) is 2.20. The molecule has 1 aliphatic carbocycles. The zero-order valence-electron chi connectivity index (χ0n) is 7.66. The van der Waals surface area contributed by atoms with Crippen LogP contribution in [0.25, 0.3) is 0 Å². The average Bonchev–Trinajstić information content (AvgIpc) is 1.98. The van der Waals surface area contributed by atoms with E-state index in [0.29, 0.717) is 5.57 Å². The molecule has 12 heavy (non-hydrogen) atoms. The van der Waals surface area contributed by atoms with Gasteiger partial charge in [0, 0.05) is 11.0 Å². The largest absolute Gasteiger partial charge is 0.388 e. The molecule has 0 spiro atoms. The molecule has 2 heteroatoms. The normalized spacial score (nSPS) is 27.5. The summed E-state index contributed by atoms with van der Waals surface area (Å²) in [7, 11) is 0. The van der Waals surface area contributed by atoms with Crippen LogP contribution in [-0.4, -0.2) is 17.5 Å². The second kappa shape index (κ2) is 2.87. The highest BCUT2D eigenvalue weighted by atomic mass is 16.3. The molecule has 0 saturated heterocycles. The van der Waals surface area contributed by atoms with Crippen molar-refractivity contribution in [1.29, 1.82) is 0 Å². The minimum Gasteiger partial charge on any atom is -0.388 e. The average molecular weight is 166 g/mol. The van der Waals surface area contributed by atoms with Crippen molar-refractivity contribution in [2.24, 2.45) is 5.41 Å². The first-order valence-electron chi connectivity index (χ1n) is 4.03. The summed E-state index contributed by atoms with van der Waals surface area (Å²) in [6.07, 6.45) is 3.80. The fourth-order valence-corrected chi connectivity index (χ4v) is 1.48. The number of aliphatic hydroxyl groups excluding tert-OH is 1. The summed E-state index contributed by atoms with van der Waals surface area (Å²) in [5.74, 6) is 0. The van der Waals surface area contributed by atoms with E-state index in [1.807, 2.05) is 20.8 Å². The second-order valence-electron chi connectivity index (χ2n) is 3.74. The first kappa shape index (κ1) is 9.20. The Morgan fingerprint density at radius 1 is 1.58 bits per heavy atom. The quantitative estimate of drug-likeness (QED) is 0.599. The van der Waals surface area contributed by atoms with Crippen LogP contribution in [0.5, 0.6) is 0 Å². The Bertz CT molecular complexity index is 259. The molecule has 66 valence electrons. The number of hydrogen-bond donors (Lipinski definition) is 1. The maximum absolute atomic E-state index is 10.7. The third-order valence-corrected chi connectivity index (χ3v) is 2.50. The molecule has 0 saturated carbocycles. The van der Waals surface area contributed by atoms with Crippen molar-refractivity contribution in [3.8, 4) is 0 Å². The van der Waals surface area contributed by atoms with E-state index < -0.39 is 11.5 Å². The van der Waals surface area contributed by atoms with E-state index in [1.165, 1.54) is 0 Å². The van der Waals surface area contributed by atoms with Gasteiger partial charge >= 0.3 is 0 Å². The van der Waals surface area contributed by atoms with Crippen LogP contribution in [0.1, 0.15) is 20.8 Å². The third-order valence-electron chi connectivity index (χ3n) is 2.50. The van der Waals surface area contributed by atoms with Crippen LogP contribution in [0.3, 0.4) is 0 Å². The van der Waals surface area contributed by atoms with Gasteiger partial charge in [0.05, 0.1) is 6.10 Å². The second-order valence-corrected chi connectivity index (χ2v) is 3.74. The van der Waals surface area contributed by atoms with Crippen LogP contribution < -0.4 is 0 Å². The van der Waals surface area contributed by atoms with E-state index in [-0.39, 0.29) is 0 Å². The number of carbonyl (C=O) groups excluding carboxylic acids is 1.